The van der Waals surface area contributed by atoms with E-state index in [1.165, 1.54) is 19.3 Å². The number of anilines is 1. The van der Waals surface area contributed by atoms with E-state index in [2.05, 4.69) is 25.5 Å². The largest absolute Gasteiger partial charge is 0.378 e. The van der Waals surface area contributed by atoms with Crippen molar-refractivity contribution >= 4 is 50.8 Å². The first kappa shape index (κ1) is 20.9. The van der Waals surface area contributed by atoms with Gasteiger partial charge in [-0.3, -0.25) is 19.7 Å². The van der Waals surface area contributed by atoms with E-state index in [4.69, 9.17) is 21.3 Å². The van der Waals surface area contributed by atoms with E-state index in [-0.39, 0.29) is 5.91 Å². The minimum atomic E-state index is -0.397. The summed E-state index contributed by atoms with van der Waals surface area (Å²) in [5.74, 6) is 0.894. The zero-order chi connectivity index (χ0) is 22.4. The summed E-state index contributed by atoms with van der Waals surface area (Å²) in [7, 11) is 0. The Kier molecular flexibility index (Phi) is 5.44. The number of H-pyrrole nitrogens is 1. The van der Waals surface area contributed by atoms with E-state index < -0.39 is 6.04 Å². The van der Waals surface area contributed by atoms with Gasteiger partial charge in [0.25, 0.3) is 0 Å². The number of benzene rings is 1. The average molecular weight is 467 g/mol. The van der Waals surface area contributed by atoms with Crippen LogP contribution in [0.25, 0.3) is 21.8 Å². The van der Waals surface area contributed by atoms with Crippen molar-refractivity contribution in [1.29, 1.82) is 0 Å². The van der Waals surface area contributed by atoms with Crippen molar-refractivity contribution in [3.63, 3.8) is 0 Å². The lowest BCUT2D eigenvalue weighted by Gasteiger charge is -2.34. The van der Waals surface area contributed by atoms with E-state index in [1.54, 1.807) is 18.5 Å². The van der Waals surface area contributed by atoms with Gasteiger partial charge in [0.15, 0.2) is 0 Å². The SMILES string of the molecule is O=C(Nc1cc(Cl)cc2c1[nH]c1cnccc12)[C@@H]1COCCN1CC1=N[C@H]2CCCC[C@@H]2N1. The maximum absolute atomic E-state index is 13.4. The molecule has 9 heteroatoms. The van der Waals surface area contributed by atoms with Gasteiger partial charge in [-0.25, -0.2) is 0 Å². The second kappa shape index (κ2) is 8.59. The number of hydrogen-bond acceptors (Lipinski definition) is 6. The maximum atomic E-state index is 13.4. The van der Waals surface area contributed by atoms with Crippen molar-refractivity contribution in [2.75, 3.05) is 31.6 Å². The summed E-state index contributed by atoms with van der Waals surface area (Å²) in [5, 5.41) is 9.25. The van der Waals surface area contributed by atoms with E-state index in [1.807, 2.05) is 12.1 Å². The van der Waals surface area contributed by atoms with Crippen LogP contribution < -0.4 is 10.6 Å². The predicted molar refractivity (Wildman–Crippen MR) is 130 cm³/mol. The van der Waals surface area contributed by atoms with Gasteiger partial charge in [-0.15, -0.1) is 0 Å². The van der Waals surface area contributed by atoms with Gasteiger partial charge in [0.05, 0.1) is 48.7 Å². The van der Waals surface area contributed by atoms with Crippen LogP contribution >= 0.6 is 11.6 Å². The van der Waals surface area contributed by atoms with Crippen LogP contribution in [0.2, 0.25) is 5.02 Å². The molecule has 1 saturated heterocycles. The Balaban J connectivity index is 1.24. The molecule has 0 spiro atoms. The van der Waals surface area contributed by atoms with Crippen LogP contribution in [0.1, 0.15) is 25.7 Å². The molecule has 3 N–H and O–H groups in total. The van der Waals surface area contributed by atoms with Crippen molar-refractivity contribution in [2.24, 2.45) is 4.99 Å². The second-order valence-corrected chi connectivity index (χ2v) is 9.59. The molecular weight excluding hydrogens is 440 g/mol. The third-order valence-electron chi connectivity index (χ3n) is 7.03. The minimum absolute atomic E-state index is 0.105. The first-order chi connectivity index (χ1) is 16.2. The Bertz CT molecular complexity index is 1240. The molecule has 1 aliphatic carbocycles. The van der Waals surface area contributed by atoms with Gasteiger partial charge in [-0.1, -0.05) is 24.4 Å². The van der Waals surface area contributed by atoms with Gasteiger partial charge < -0.3 is 20.4 Å². The normalized spacial score (nSPS) is 25.6. The van der Waals surface area contributed by atoms with Gasteiger partial charge in [0.1, 0.15) is 11.9 Å². The Labute approximate surface area is 196 Å². The quantitative estimate of drug-likeness (QED) is 0.548. The van der Waals surface area contributed by atoms with Crippen LogP contribution in [-0.4, -0.2) is 71.0 Å². The first-order valence-electron chi connectivity index (χ1n) is 11.7. The number of pyridine rings is 1. The number of fused-ring (bicyclic) bond motifs is 4. The number of nitrogens with zero attached hydrogens (tertiary/aromatic N) is 3. The van der Waals surface area contributed by atoms with Gasteiger partial charge in [-0.05, 0) is 31.0 Å². The van der Waals surface area contributed by atoms with Crippen LogP contribution in [0.4, 0.5) is 5.69 Å². The molecule has 33 heavy (non-hydrogen) atoms. The Morgan fingerprint density at radius 2 is 2.18 bits per heavy atom. The number of aromatic amines is 1. The third-order valence-corrected chi connectivity index (χ3v) is 7.25. The van der Waals surface area contributed by atoms with Gasteiger partial charge >= 0.3 is 0 Å². The van der Waals surface area contributed by atoms with Crippen LogP contribution in [-0.2, 0) is 9.53 Å². The summed E-state index contributed by atoms with van der Waals surface area (Å²) in [6.07, 6.45) is 8.37. The number of amides is 1. The zero-order valence-electron chi connectivity index (χ0n) is 18.3. The second-order valence-electron chi connectivity index (χ2n) is 9.15. The van der Waals surface area contributed by atoms with Crippen LogP contribution in [0.15, 0.2) is 35.6 Å². The molecule has 2 aliphatic heterocycles. The van der Waals surface area contributed by atoms with Crippen molar-refractivity contribution in [1.82, 2.24) is 20.2 Å². The van der Waals surface area contributed by atoms with E-state index in [9.17, 15) is 4.79 Å². The van der Waals surface area contributed by atoms with Crippen molar-refractivity contribution in [3.05, 3.63) is 35.6 Å². The number of amidine groups is 1. The number of aromatic nitrogens is 2. The molecule has 0 bridgehead atoms. The molecule has 3 aliphatic rings. The Morgan fingerprint density at radius 3 is 3.09 bits per heavy atom. The summed E-state index contributed by atoms with van der Waals surface area (Å²) in [5.41, 5.74) is 2.40. The highest BCUT2D eigenvalue weighted by molar-refractivity contribution is 6.33. The number of carbonyl (C=O) groups is 1. The molecule has 2 fully saturated rings. The molecule has 1 aromatic carbocycles. The summed E-state index contributed by atoms with van der Waals surface area (Å²) in [4.78, 5) is 28.1. The van der Waals surface area contributed by atoms with E-state index in [0.717, 1.165) is 34.1 Å². The first-order valence-corrected chi connectivity index (χ1v) is 12.0. The number of carbonyl (C=O) groups excluding carboxylic acids is 1. The Hall–Kier alpha value is -2.68. The van der Waals surface area contributed by atoms with Crippen molar-refractivity contribution < 1.29 is 9.53 Å². The monoisotopic (exact) mass is 466 g/mol. The topological polar surface area (TPSA) is 94.6 Å². The smallest absolute Gasteiger partial charge is 0.244 e. The third kappa shape index (κ3) is 3.96. The number of rotatable bonds is 4. The fourth-order valence-electron chi connectivity index (χ4n) is 5.37. The average Bonchev–Trinajstić information content (AvgIpc) is 3.40. The molecule has 3 aromatic rings. The van der Waals surface area contributed by atoms with Crippen LogP contribution in [0.5, 0.6) is 0 Å². The summed E-state index contributed by atoms with van der Waals surface area (Å²) in [6, 6.07) is 6.08. The highest BCUT2D eigenvalue weighted by Gasteiger charge is 2.35. The summed E-state index contributed by atoms with van der Waals surface area (Å²) >= 11 is 6.41. The maximum Gasteiger partial charge on any atom is 0.244 e. The summed E-state index contributed by atoms with van der Waals surface area (Å²) < 4.78 is 5.68. The van der Waals surface area contributed by atoms with Crippen LogP contribution in [0.3, 0.4) is 0 Å². The molecular formula is C24H27ClN6O2. The highest BCUT2D eigenvalue weighted by atomic mass is 35.5. The van der Waals surface area contributed by atoms with Gasteiger partial charge in [0.2, 0.25) is 5.91 Å². The zero-order valence-corrected chi connectivity index (χ0v) is 19.1. The van der Waals surface area contributed by atoms with E-state index >= 15 is 0 Å². The standard InChI is InChI=1S/C24H27ClN6O2/c25-14-9-16-15-5-6-26-11-20(15)29-23(16)19(10-14)30-24(32)21-13-33-8-7-31(21)12-22-27-17-3-1-2-4-18(17)28-22/h5-6,9-11,17-18,21,29H,1-4,7-8,12-13H2,(H,27,28)(H,30,32)/t17-,18-,21-/m0/s1. The van der Waals surface area contributed by atoms with Gasteiger partial charge in [-0.2, -0.15) is 0 Å². The molecule has 1 amide bonds. The molecule has 1 saturated carbocycles. The number of hydrogen-bond donors (Lipinski definition) is 3. The number of halogens is 1. The lowest BCUT2D eigenvalue weighted by atomic mass is 9.92. The lowest BCUT2D eigenvalue weighted by Crippen LogP contribution is -2.54. The molecule has 6 rings (SSSR count). The fraction of sp³-hybridized carbons (Fsp3) is 0.458. The number of ether oxygens (including phenoxy) is 1. The number of nitrogens with one attached hydrogen (secondary N) is 3. The number of aliphatic imine (C=N–C) groups is 1. The molecule has 172 valence electrons. The van der Waals surface area contributed by atoms with E-state index in [0.29, 0.717) is 49.1 Å². The van der Waals surface area contributed by atoms with Crippen molar-refractivity contribution in [2.45, 2.75) is 43.8 Å². The summed E-state index contributed by atoms with van der Waals surface area (Å²) in [6.45, 7) is 2.29. The van der Waals surface area contributed by atoms with Gasteiger partial charge in [0, 0.05) is 34.6 Å². The highest BCUT2D eigenvalue weighted by Crippen LogP contribution is 2.33. The van der Waals surface area contributed by atoms with Crippen molar-refractivity contribution in [3.8, 4) is 0 Å². The fourth-order valence-corrected chi connectivity index (χ4v) is 5.58. The molecule has 2 aromatic heterocycles. The lowest BCUT2D eigenvalue weighted by molar-refractivity contribution is -0.126. The molecule has 0 unspecified atom stereocenters. The molecule has 3 atom stereocenters. The molecule has 4 heterocycles. The molecule has 8 nitrogen and oxygen atoms in total. The molecule has 0 radical (unpaired) electrons. The predicted octanol–water partition coefficient (Wildman–Crippen LogP) is 3.32. The number of morpholine rings is 1. The minimum Gasteiger partial charge on any atom is -0.378 e. The Morgan fingerprint density at radius 1 is 1.27 bits per heavy atom. The van der Waals surface area contributed by atoms with Crippen LogP contribution in [0, 0.1) is 0 Å².